The van der Waals surface area contributed by atoms with Gasteiger partial charge in [-0.25, -0.2) is 0 Å². The average molecular weight is 533 g/mol. The number of nitrogens with zero attached hydrogens (tertiary/aromatic N) is 1. The van der Waals surface area contributed by atoms with Crippen molar-refractivity contribution < 1.29 is 19.5 Å². The van der Waals surface area contributed by atoms with E-state index in [9.17, 15) is 19.5 Å². The van der Waals surface area contributed by atoms with Gasteiger partial charge in [0.2, 0.25) is 17.7 Å². The third kappa shape index (κ3) is 8.67. The Balaban J connectivity index is 2.50. The monoisotopic (exact) mass is 532 g/mol. The number of nitrogens with one attached hydrogen (secondary N) is 1. The number of hydrogen-bond acceptors (Lipinski definition) is 5. The van der Waals surface area contributed by atoms with Gasteiger partial charge in [0.15, 0.2) is 0 Å². The summed E-state index contributed by atoms with van der Waals surface area (Å²) in [5.74, 6) is -1.21. The molecule has 2 aliphatic rings. The first kappa shape index (κ1) is 32.0. The van der Waals surface area contributed by atoms with Crippen molar-refractivity contribution in [1.29, 1.82) is 0 Å². The van der Waals surface area contributed by atoms with Gasteiger partial charge in [-0.15, -0.1) is 0 Å². The van der Waals surface area contributed by atoms with Gasteiger partial charge in [0, 0.05) is 36.7 Å². The van der Waals surface area contributed by atoms with Crippen molar-refractivity contribution in [3.63, 3.8) is 0 Å². The molecule has 2 rings (SSSR count). The fourth-order valence-corrected chi connectivity index (χ4v) is 6.12. The Morgan fingerprint density at radius 1 is 1.11 bits per heavy atom. The highest BCUT2D eigenvalue weighted by Crippen LogP contribution is 2.47. The second-order valence-corrected chi connectivity index (χ2v) is 11.8. The van der Waals surface area contributed by atoms with E-state index in [1.54, 1.807) is 11.0 Å². The highest BCUT2D eigenvalue weighted by atomic mass is 16.3. The molecule has 3 amide bonds. The van der Waals surface area contributed by atoms with Crippen molar-refractivity contribution in [2.45, 2.75) is 98.0 Å². The molecule has 6 N–H and O–H groups in total. The first-order valence-corrected chi connectivity index (χ1v) is 14.8. The summed E-state index contributed by atoms with van der Waals surface area (Å²) in [5, 5.41) is 14.9. The normalized spacial score (nSPS) is 21.9. The zero-order chi connectivity index (χ0) is 28.3. The van der Waals surface area contributed by atoms with E-state index >= 15 is 0 Å². The van der Waals surface area contributed by atoms with Gasteiger partial charge in [-0.1, -0.05) is 65.9 Å². The van der Waals surface area contributed by atoms with Crippen LogP contribution < -0.4 is 16.8 Å². The maximum Gasteiger partial charge on any atom is 0.249 e. The van der Waals surface area contributed by atoms with Crippen molar-refractivity contribution in [2.24, 2.45) is 34.6 Å². The van der Waals surface area contributed by atoms with Crippen molar-refractivity contribution in [3.05, 3.63) is 23.3 Å². The number of rotatable bonds is 16. The molecule has 0 bridgehead atoms. The van der Waals surface area contributed by atoms with E-state index < -0.39 is 29.3 Å². The Morgan fingerprint density at radius 2 is 1.74 bits per heavy atom. The van der Waals surface area contributed by atoms with Gasteiger partial charge in [-0.05, 0) is 56.6 Å². The summed E-state index contributed by atoms with van der Waals surface area (Å²) in [5.41, 5.74) is 11.0. The van der Waals surface area contributed by atoms with Crippen LogP contribution in [-0.4, -0.2) is 60.0 Å². The molecular formula is C30H52N4O4. The number of amides is 3. The SMILES string of the molecule is CCCN(CCC)C(=O)C1=CC(C(N)=O)=CC(C(N)=O)([C@H](CC2CCCCC2)[C@@H](O)CNCCC(C)C)C1. The lowest BCUT2D eigenvalue weighted by Crippen LogP contribution is -2.52. The lowest BCUT2D eigenvalue weighted by Gasteiger charge is -2.43. The largest absolute Gasteiger partial charge is 0.391 e. The molecule has 2 aliphatic carbocycles. The minimum absolute atomic E-state index is 0.0579. The van der Waals surface area contributed by atoms with Crippen LogP contribution in [0.1, 0.15) is 91.9 Å². The predicted octanol–water partition coefficient (Wildman–Crippen LogP) is 3.43. The summed E-state index contributed by atoms with van der Waals surface area (Å²) in [6.07, 6.45) is 10.9. The number of primary amides is 2. The number of aliphatic hydroxyl groups excluding tert-OH is 1. The molecule has 8 nitrogen and oxygen atoms in total. The Bertz CT molecular complexity index is 856. The van der Waals surface area contributed by atoms with Gasteiger partial charge in [0.25, 0.3) is 0 Å². The van der Waals surface area contributed by atoms with Crippen molar-refractivity contribution >= 4 is 17.7 Å². The lowest BCUT2D eigenvalue weighted by atomic mass is 9.61. The molecule has 3 atom stereocenters. The molecule has 8 heteroatoms. The second kappa shape index (κ2) is 15.4. The van der Waals surface area contributed by atoms with E-state index in [1.165, 1.54) is 12.5 Å². The van der Waals surface area contributed by atoms with E-state index in [0.29, 0.717) is 43.5 Å². The maximum atomic E-state index is 13.7. The van der Waals surface area contributed by atoms with Crippen LogP contribution in [0.25, 0.3) is 0 Å². The van der Waals surface area contributed by atoms with E-state index in [4.69, 9.17) is 11.5 Å². The molecule has 38 heavy (non-hydrogen) atoms. The van der Waals surface area contributed by atoms with Gasteiger partial charge >= 0.3 is 0 Å². The average Bonchev–Trinajstić information content (AvgIpc) is 2.89. The molecule has 1 saturated carbocycles. The highest BCUT2D eigenvalue weighted by molar-refractivity contribution is 6.03. The summed E-state index contributed by atoms with van der Waals surface area (Å²) in [6.45, 7) is 10.5. The quantitative estimate of drug-likeness (QED) is 0.226. The summed E-state index contributed by atoms with van der Waals surface area (Å²) in [7, 11) is 0. The minimum Gasteiger partial charge on any atom is -0.391 e. The number of aliphatic hydroxyl groups is 1. The standard InChI is InChI=1S/C30H52N4O4/c1-5-14-34(15-6-2)28(37)24-17-23(27(31)36)18-30(19-24,29(32)38)25(16-22-10-8-7-9-11-22)26(35)20-33-13-12-21(3)4/h17-18,21-22,25-26,33,35H,5-16,19-20H2,1-4H3,(H2,31,36)(H2,32,38)/t25-,26+,30?/m1/s1. The fraction of sp³-hybridized carbons (Fsp3) is 0.767. The van der Waals surface area contributed by atoms with Gasteiger partial charge in [-0.2, -0.15) is 0 Å². The first-order valence-electron chi connectivity index (χ1n) is 14.8. The van der Waals surface area contributed by atoms with Gasteiger partial charge in [-0.3, -0.25) is 14.4 Å². The van der Waals surface area contributed by atoms with Gasteiger partial charge in [0.1, 0.15) is 0 Å². The van der Waals surface area contributed by atoms with E-state index in [-0.39, 0.29) is 17.9 Å². The maximum absolute atomic E-state index is 13.7. The first-order chi connectivity index (χ1) is 18.0. The summed E-state index contributed by atoms with van der Waals surface area (Å²) >= 11 is 0. The van der Waals surface area contributed by atoms with Crippen molar-refractivity contribution in [1.82, 2.24) is 10.2 Å². The fourth-order valence-electron chi connectivity index (χ4n) is 6.12. The van der Waals surface area contributed by atoms with Crippen molar-refractivity contribution in [2.75, 3.05) is 26.2 Å². The van der Waals surface area contributed by atoms with E-state index in [0.717, 1.165) is 51.5 Å². The van der Waals surface area contributed by atoms with Crippen LogP contribution in [0, 0.1) is 23.2 Å². The van der Waals surface area contributed by atoms with Crippen LogP contribution in [0.3, 0.4) is 0 Å². The Morgan fingerprint density at radius 3 is 2.26 bits per heavy atom. The molecule has 216 valence electrons. The molecule has 0 saturated heterocycles. The lowest BCUT2D eigenvalue weighted by molar-refractivity contribution is -0.132. The smallest absolute Gasteiger partial charge is 0.249 e. The molecule has 0 aromatic carbocycles. The third-order valence-electron chi connectivity index (χ3n) is 8.21. The molecule has 0 spiro atoms. The minimum atomic E-state index is -1.38. The van der Waals surface area contributed by atoms with E-state index in [2.05, 4.69) is 19.2 Å². The molecule has 1 fully saturated rings. The third-order valence-corrected chi connectivity index (χ3v) is 8.21. The number of hydrogen-bond donors (Lipinski definition) is 4. The second-order valence-electron chi connectivity index (χ2n) is 11.8. The highest BCUT2D eigenvalue weighted by Gasteiger charge is 2.49. The van der Waals surface area contributed by atoms with Crippen LogP contribution in [-0.2, 0) is 14.4 Å². The van der Waals surface area contributed by atoms with Crippen LogP contribution in [0.2, 0.25) is 0 Å². The predicted molar refractivity (Wildman–Crippen MR) is 152 cm³/mol. The molecule has 0 heterocycles. The Kier molecular flexibility index (Phi) is 13.0. The molecule has 0 aliphatic heterocycles. The molecular weight excluding hydrogens is 480 g/mol. The van der Waals surface area contributed by atoms with Crippen molar-refractivity contribution in [3.8, 4) is 0 Å². The van der Waals surface area contributed by atoms with Crippen LogP contribution in [0.4, 0.5) is 0 Å². The number of carbonyl (C=O) groups excluding carboxylic acids is 3. The Hall–Kier alpha value is -2.19. The zero-order valence-electron chi connectivity index (χ0n) is 24.1. The number of carbonyl (C=O) groups is 3. The van der Waals surface area contributed by atoms with Gasteiger partial charge in [0.05, 0.1) is 11.5 Å². The summed E-state index contributed by atoms with van der Waals surface area (Å²) < 4.78 is 0. The van der Waals surface area contributed by atoms with Crippen LogP contribution in [0.5, 0.6) is 0 Å². The molecule has 1 unspecified atom stereocenters. The zero-order valence-corrected chi connectivity index (χ0v) is 24.1. The molecule has 0 aromatic rings. The number of nitrogens with two attached hydrogens (primary N) is 2. The molecule has 0 radical (unpaired) electrons. The summed E-state index contributed by atoms with van der Waals surface area (Å²) in [6, 6.07) is 0. The van der Waals surface area contributed by atoms with Crippen LogP contribution in [0.15, 0.2) is 23.3 Å². The topological polar surface area (TPSA) is 139 Å². The van der Waals surface area contributed by atoms with Crippen LogP contribution >= 0.6 is 0 Å². The van der Waals surface area contributed by atoms with Gasteiger partial charge < -0.3 is 26.8 Å². The summed E-state index contributed by atoms with van der Waals surface area (Å²) in [4.78, 5) is 41.3. The van der Waals surface area contributed by atoms with E-state index in [1.807, 2.05) is 13.8 Å². The molecule has 0 aromatic heterocycles. The Labute approximate surface area is 229 Å².